The van der Waals surface area contributed by atoms with Gasteiger partial charge in [0.15, 0.2) is 0 Å². The summed E-state index contributed by atoms with van der Waals surface area (Å²) in [6.07, 6.45) is 3.38. The second-order valence-electron chi connectivity index (χ2n) is 4.19. The van der Waals surface area contributed by atoms with Gasteiger partial charge < -0.3 is 4.90 Å². The van der Waals surface area contributed by atoms with Gasteiger partial charge in [-0.05, 0) is 24.0 Å². The minimum absolute atomic E-state index is 0.352. The average Bonchev–Trinajstić information content (AvgIpc) is 2.37. The first-order chi connectivity index (χ1) is 8.17. The Kier molecular flexibility index (Phi) is 5.40. The minimum atomic E-state index is -0.465. The zero-order chi connectivity index (χ0) is 12.7. The van der Waals surface area contributed by atoms with E-state index in [9.17, 15) is 9.59 Å². The normalized spacial score (nSPS) is 10.0. The molecule has 0 bridgehead atoms. The van der Waals surface area contributed by atoms with Crippen LogP contribution < -0.4 is 0 Å². The predicted molar refractivity (Wildman–Crippen MR) is 67.8 cm³/mol. The van der Waals surface area contributed by atoms with Crippen LogP contribution in [0.25, 0.3) is 0 Å². The third-order valence-corrected chi connectivity index (χ3v) is 2.77. The molecular weight excluding hydrogens is 214 g/mol. The van der Waals surface area contributed by atoms with Crippen molar-refractivity contribution >= 4 is 12.2 Å². The quantitative estimate of drug-likeness (QED) is 0.555. The molecule has 0 aliphatic heterocycles. The minimum Gasteiger partial charge on any atom is -0.339 e. The molecule has 3 nitrogen and oxygen atoms in total. The first kappa shape index (κ1) is 13.4. The first-order valence-electron chi connectivity index (χ1n) is 5.95. The molecule has 0 saturated heterocycles. The van der Waals surface area contributed by atoms with Crippen molar-refractivity contribution in [3.05, 3.63) is 35.4 Å². The Morgan fingerprint density at radius 1 is 1.18 bits per heavy atom. The third-order valence-electron chi connectivity index (χ3n) is 2.77. The van der Waals surface area contributed by atoms with Crippen LogP contribution in [0.5, 0.6) is 0 Å². The predicted octanol–water partition coefficient (Wildman–Crippen LogP) is 1.84. The van der Waals surface area contributed by atoms with E-state index in [0.29, 0.717) is 12.8 Å². The summed E-state index contributed by atoms with van der Waals surface area (Å²) in [5.74, 6) is -0.465. The van der Waals surface area contributed by atoms with E-state index >= 15 is 0 Å². The van der Waals surface area contributed by atoms with Crippen molar-refractivity contribution in [3.63, 3.8) is 0 Å². The highest BCUT2D eigenvalue weighted by Crippen LogP contribution is 2.07. The number of hydrogen-bond acceptors (Lipinski definition) is 2. The number of benzene rings is 1. The number of aryl methyl sites for hydroxylation is 1. The largest absolute Gasteiger partial charge is 0.339 e. The molecule has 17 heavy (non-hydrogen) atoms. The fraction of sp³-hybridized carbons (Fsp3) is 0.429. The number of likely N-dealkylation sites (N-methyl/N-ethyl adjacent to an activating group) is 1. The molecule has 0 aromatic heterocycles. The van der Waals surface area contributed by atoms with Crippen LogP contribution in [0.4, 0.5) is 0 Å². The smallest absolute Gasteiger partial charge is 0.286 e. The summed E-state index contributed by atoms with van der Waals surface area (Å²) in [5, 5.41) is 0. The number of aldehydes is 1. The van der Waals surface area contributed by atoms with Crippen LogP contribution in [0.3, 0.4) is 0 Å². The molecule has 0 atom stereocenters. The lowest BCUT2D eigenvalue weighted by Gasteiger charge is -2.13. The van der Waals surface area contributed by atoms with Crippen molar-refractivity contribution < 1.29 is 9.59 Å². The third kappa shape index (κ3) is 4.39. The molecule has 0 unspecified atom stereocenters. The monoisotopic (exact) mass is 233 g/mol. The number of carbonyl (C=O) groups excluding carboxylic acids is 2. The summed E-state index contributed by atoms with van der Waals surface area (Å²) in [6, 6.07) is 8.43. The van der Waals surface area contributed by atoms with Gasteiger partial charge in [-0.25, -0.2) is 0 Å². The van der Waals surface area contributed by atoms with Crippen molar-refractivity contribution in [2.45, 2.75) is 26.2 Å². The van der Waals surface area contributed by atoms with E-state index in [1.165, 1.54) is 16.0 Å². The SMILES string of the molecule is CCCc1ccc(CCN(C)C(=O)C=O)cc1. The van der Waals surface area contributed by atoms with E-state index in [4.69, 9.17) is 0 Å². The maximum Gasteiger partial charge on any atom is 0.286 e. The maximum absolute atomic E-state index is 11.0. The van der Waals surface area contributed by atoms with Crippen LogP contribution in [0.15, 0.2) is 24.3 Å². The molecule has 0 fully saturated rings. The second kappa shape index (κ2) is 6.84. The van der Waals surface area contributed by atoms with Crippen molar-refractivity contribution in [3.8, 4) is 0 Å². The molecule has 0 spiro atoms. The van der Waals surface area contributed by atoms with E-state index in [1.807, 2.05) is 0 Å². The van der Waals surface area contributed by atoms with Gasteiger partial charge in [0.25, 0.3) is 5.91 Å². The van der Waals surface area contributed by atoms with Gasteiger partial charge in [0.1, 0.15) is 0 Å². The van der Waals surface area contributed by atoms with Gasteiger partial charge in [0.05, 0.1) is 0 Å². The Balaban J connectivity index is 2.46. The molecule has 0 heterocycles. The van der Waals surface area contributed by atoms with E-state index in [-0.39, 0.29) is 0 Å². The zero-order valence-corrected chi connectivity index (χ0v) is 10.5. The van der Waals surface area contributed by atoms with Crippen LogP contribution in [-0.2, 0) is 22.4 Å². The highest BCUT2D eigenvalue weighted by Gasteiger charge is 2.06. The molecule has 1 aromatic carbocycles. The van der Waals surface area contributed by atoms with Crippen molar-refractivity contribution in [1.82, 2.24) is 4.90 Å². The summed E-state index contributed by atoms with van der Waals surface area (Å²) < 4.78 is 0. The van der Waals surface area contributed by atoms with Gasteiger partial charge in [-0.15, -0.1) is 0 Å². The Bertz CT molecular complexity index is 370. The zero-order valence-electron chi connectivity index (χ0n) is 10.5. The lowest BCUT2D eigenvalue weighted by molar-refractivity contribution is -0.137. The van der Waals surface area contributed by atoms with Crippen molar-refractivity contribution in [2.75, 3.05) is 13.6 Å². The molecular formula is C14H19NO2. The average molecular weight is 233 g/mol. The molecule has 1 rings (SSSR count). The molecule has 0 N–H and O–H groups in total. The Hall–Kier alpha value is -1.64. The van der Waals surface area contributed by atoms with Crippen molar-refractivity contribution in [1.29, 1.82) is 0 Å². The summed E-state index contributed by atoms with van der Waals surface area (Å²) in [5.41, 5.74) is 2.53. The summed E-state index contributed by atoms with van der Waals surface area (Å²) in [6.45, 7) is 2.73. The number of carbonyl (C=O) groups is 2. The molecule has 3 heteroatoms. The van der Waals surface area contributed by atoms with E-state index in [1.54, 1.807) is 7.05 Å². The number of amides is 1. The fourth-order valence-corrected chi connectivity index (χ4v) is 1.66. The van der Waals surface area contributed by atoms with Crippen LogP contribution in [0.1, 0.15) is 24.5 Å². The molecule has 0 aliphatic rings. The van der Waals surface area contributed by atoms with Crippen molar-refractivity contribution in [2.24, 2.45) is 0 Å². The Labute approximate surface area is 102 Å². The molecule has 0 radical (unpaired) electrons. The van der Waals surface area contributed by atoms with Gasteiger partial charge in [0.2, 0.25) is 6.29 Å². The molecule has 0 aliphatic carbocycles. The van der Waals surface area contributed by atoms with Crippen LogP contribution in [-0.4, -0.2) is 30.7 Å². The van der Waals surface area contributed by atoms with E-state index in [0.717, 1.165) is 19.3 Å². The maximum atomic E-state index is 11.0. The lowest BCUT2D eigenvalue weighted by Crippen LogP contribution is -2.29. The second-order valence-corrected chi connectivity index (χ2v) is 4.19. The molecule has 92 valence electrons. The van der Waals surface area contributed by atoms with E-state index in [2.05, 4.69) is 31.2 Å². The highest BCUT2D eigenvalue weighted by molar-refractivity contribution is 6.23. The fourth-order valence-electron chi connectivity index (χ4n) is 1.66. The summed E-state index contributed by atoms with van der Waals surface area (Å²) in [4.78, 5) is 22.8. The number of nitrogens with zero attached hydrogens (tertiary/aromatic N) is 1. The summed E-state index contributed by atoms with van der Waals surface area (Å²) >= 11 is 0. The van der Waals surface area contributed by atoms with Crippen LogP contribution in [0, 0.1) is 0 Å². The Morgan fingerprint density at radius 2 is 1.71 bits per heavy atom. The number of hydrogen-bond donors (Lipinski definition) is 0. The topological polar surface area (TPSA) is 37.4 Å². The van der Waals surface area contributed by atoms with Gasteiger partial charge in [-0.3, -0.25) is 9.59 Å². The standard InChI is InChI=1S/C14H19NO2/c1-3-4-12-5-7-13(8-6-12)9-10-15(2)14(17)11-16/h5-8,11H,3-4,9-10H2,1-2H3. The van der Waals surface area contributed by atoms with Crippen LogP contribution in [0.2, 0.25) is 0 Å². The number of rotatable bonds is 6. The lowest BCUT2D eigenvalue weighted by atomic mass is 10.1. The van der Waals surface area contributed by atoms with Crippen LogP contribution >= 0.6 is 0 Å². The van der Waals surface area contributed by atoms with Gasteiger partial charge in [-0.2, -0.15) is 0 Å². The molecule has 1 aromatic rings. The van der Waals surface area contributed by atoms with Gasteiger partial charge >= 0.3 is 0 Å². The van der Waals surface area contributed by atoms with Gasteiger partial charge in [-0.1, -0.05) is 37.6 Å². The molecule has 0 saturated carbocycles. The highest BCUT2D eigenvalue weighted by atomic mass is 16.2. The van der Waals surface area contributed by atoms with E-state index < -0.39 is 5.91 Å². The molecule has 1 amide bonds. The summed E-state index contributed by atoms with van der Waals surface area (Å²) in [7, 11) is 1.64. The van der Waals surface area contributed by atoms with Gasteiger partial charge in [0, 0.05) is 13.6 Å². The first-order valence-corrected chi connectivity index (χ1v) is 5.95. The Morgan fingerprint density at radius 3 is 2.18 bits per heavy atom.